The van der Waals surface area contributed by atoms with E-state index in [1.165, 1.54) is 11.0 Å². The summed E-state index contributed by atoms with van der Waals surface area (Å²) in [5.41, 5.74) is 3.72. The lowest BCUT2D eigenvalue weighted by Gasteiger charge is -2.30. The minimum atomic E-state index is -0.497. The largest absolute Gasteiger partial charge is 0.361 e. The molecule has 3 aromatic carbocycles. The summed E-state index contributed by atoms with van der Waals surface area (Å²) in [6, 6.07) is 22.0. The van der Waals surface area contributed by atoms with Crippen molar-refractivity contribution in [3.05, 3.63) is 111 Å². The zero-order chi connectivity index (χ0) is 27.2. The second-order valence-electron chi connectivity index (χ2n) is 9.70. The summed E-state index contributed by atoms with van der Waals surface area (Å²) in [7, 11) is 0. The number of aromatic nitrogens is 1. The SMILES string of the molecule is Cc1ccc(C(=O)N(CC(=O)N(CCc2c[nH]c3ccccc23)Cc2ccccc2)C(C)C)cc1[N+](=O)[O-]. The van der Waals surface area contributed by atoms with Gasteiger partial charge in [-0.15, -0.1) is 0 Å². The van der Waals surface area contributed by atoms with Crippen LogP contribution in [-0.4, -0.2) is 50.7 Å². The van der Waals surface area contributed by atoms with E-state index in [1.807, 2.05) is 68.6 Å². The molecule has 1 heterocycles. The van der Waals surface area contributed by atoms with Crippen LogP contribution in [0.3, 0.4) is 0 Å². The van der Waals surface area contributed by atoms with E-state index in [4.69, 9.17) is 0 Å². The Labute approximate surface area is 222 Å². The molecule has 4 rings (SSSR count). The highest BCUT2D eigenvalue weighted by atomic mass is 16.6. The van der Waals surface area contributed by atoms with E-state index in [-0.39, 0.29) is 29.7 Å². The molecule has 0 atom stereocenters. The third kappa shape index (κ3) is 6.08. The minimum Gasteiger partial charge on any atom is -0.361 e. The Morgan fingerprint density at radius 2 is 1.71 bits per heavy atom. The number of carbonyl (C=O) groups excluding carboxylic acids is 2. The fourth-order valence-corrected chi connectivity index (χ4v) is 4.53. The zero-order valence-electron chi connectivity index (χ0n) is 21.9. The molecule has 0 aliphatic rings. The number of rotatable bonds is 10. The topological polar surface area (TPSA) is 99.6 Å². The van der Waals surface area contributed by atoms with Crippen molar-refractivity contribution in [2.45, 2.75) is 39.8 Å². The number of nitrogens with zero attached hydrogens (tertiary/aromatic N) is 3. The van der Waals surface area contributed by atoms with Gasteiger partial charge in [0.1, 0.15) is 6.54 Å². The van der Waals surface area contributed by atoms with Crippen molar-refractivity contribution in [2.75, 3.05) is 13.1 Å². The van der Waals surface area contributed by atoms with Crippen LogP contribution >= 0.6 is 0 Å². The van der Waals surface area contributed by atoms with Gasteiger partial charge in [0.2, 0.25) is 5.91 Å². The van der Waals surface area contributed by atoms with Crippen molar-refractivity contribution in [3.63, 3.8) is 0 Å². The van der Waals surface area contributed by atoms with Gasteiger partial charge in [-0.25, -0.2) is 0 Å². The number of carbonyl (C=O) groups is 2. The van der Waals surface area contributed by atoms with E-state index < -0.39 is 10.8 Å². The fourth-order valence-electron chi connectivity index (χ4n) is 4.53. The highest BCUT2D eigenvalue weighted by Crippen LogP contribution is 2.22. The first-order valence-corrected chi connectivity index (χ1v) is 12.7. The minimum absolute atomic E-state index is 0.115. The number of hydrogen-bond acceptors (Lipinski definition) is 4. The fraction of sp³-hybridized carbons (Fsp3) is 0.267. The van der Waals surface area contributed by atoms with Crippen molar-refractivity contribution in [1.82, 2.24) is 14.8 Å². The van der Waals surface area contributed by atoms with Gasteiger partial charge in [-0.05, 0) is 50.5 Å². The van der Waals surface area contributed by atoms with E-state index >= 15 is 0 Å². The summed E-state index contributed by atoms with van der Waals surface area (Å²) in [5.74, 6) is -0.593. The van der Waals surface area contributed by atoms with Crippen molar-refractivity contribution < 1.29 is 14.5 Å². The molecule has 0 fully saturated rings. The number of H-pyrrole nitrogens is 1. The second-order valence-corrected chi connectivity index (χ2v) is 9.70. The Morgan fingerprint density at radius 3 is 2.42 bits per heavy atom. The molecule has 4 aromatic rings. The molecule has 1 aromatic heterocycles. The number of nitrogens with one attached hydrogen (secondary N) is 1. The summed E-state index contributed by atoms with van der Waals surface area (Å²) in [4.78, 5) is 44.5. The Hall–Kier alpha value is -4.46. The molecule has 0 radical (unpaired) electrons. The van der Waals surface area contributed by atoms with Gasteiger partial charge < -0.3 is 14.8 Å². The molecule has 0 aliphatic heterocycles. The molecule has 2 amide bonds. The maximum Gasteiger partial charge on any atom is 0.273 e. The number of amides is 2. The molecule has 38 heavy (non-hydrogen) atoms. The van der Waals surface area contributed by atoms with Gasteiger partial charge >= 0.3 is 0 Å². The van der Waals surface area contributed by atoms with Crippen LogP contribution in [0.15, 0.2) is 79.0 Å². The summed E-state index contributed by atoms with van der Waals surface area (Å²) in [6.45, 7) is 6.07. The summed E-state index contributed by atoms with van der Waals surface area (Å²) in [5, 5.41) is 12.5. The van der Waals surface area contributed by atoms with Crippen LogP contribution in [0.4, 0.5) is 5.69 Å². The lowest BCUT2D eigenvalue weighted by Crippen LogP contribution is -2.46. The van der Waals surface area contributed by atoms with Crippen LogP contribution in [0, 0.1) is 17.0 Å². The molecular weight excluding hydrogens is 480 g/mol. The Kier molecular flexibility index (Phi) is 8.21. The quantitative estimate of drug-likeness (QED) is 0.224. The molecule has 0 spiro atoms. The van der Waals surface area contributed by atoms with Gasteiger partial charge in [-0.2, -0.15) is 0 Å². The van der Waals surface area contributed by atoms with Crippen molar-refractivity contribution in [1.29, 1.82) is 0 Å². The Morgan fingerprint density at radius 1 is 1.00 bits per heavy atom. The van der Waals surface area contributed by atoms with E-state index in [0.717, 1.165) is 22.0 Å². The lowest BCUT2D eigenvalue weighted by molar-refractivity contribution is -0.385. The van der Waals surface area contributed by atoms with E-state index in [0.29, 0.717) is 25.1 Å². The number of benzene rings is 3. The first kappa shape index (κ1) is 26.6. The standard InChI is InChI=1S/C30H32N4O4/c1-21(2)33(30(36)24-14-13-22(3)28(17-24)34(37)38)20-29(35)32(19-23-9-5-4-6-10-23)16-15-25-18-31-27-12-8-7-11-26(25)27/h4-14,17-18,21,31H,15-16,19-20H2,1-3H3. The highest BCUT2D eigenvalue weighted by molar-refractivity contribution is 5.97. The van der Waals surface area contributed by atoms with Crippen LogP contribution in [0.1, 0.15) is 40.9 Å². The maximum atomic E-state index is 13.7. The molecule has 0 saturated heterocycles. The molecule has 1 N–H and O–H groups in total. The predicted molar refractivity (Wildman–Crippen MR) is 148 cm³/mol. The highest BCUT2D eigenvalue weighted by Gasteiger charge is 2.26. The third-order valence-corrected chi connectivity index (χ3v) is 6.74. The molecular formula is C30H32N4O4. The first-order chi connectivity index (χ1) is 18.2. The van der Waals surface area contributed by atoms with E-state index in [9.17, 15) is 19.7 Å². The molecule has 8 nitrogen and oxygen atoms in total. The number of fused-ring (bicyclic) bond motifs is 1. The zero-order valence-corrected chi connectivity index (χ0v) is 21.9. The number of hydrogen-bond donors (Lipinski definition) is 1. The number of aromatic amines is 1. The molecule has 0 unspecified atom stereocenters. The molecule has 8 heteroatoms. The van der Waals surface area contributed by atoms with Gasteiger partial charge in [0.25, 0.3) is 11.6 Å². The van der Waals surface area contributed by atoms with Crippen LogP contribution in [-0.2, 0) is 17.8 Å². The first-order valence-electron chi connectivity index (χ1n) is 12.7. The maximum absolute atomic E-state index is 13.7. The smallest absolute Gasteiger partial charge is 0.273 e. The summed E-state index contributed by atoms with van der Waals surface area (Å²) < 4.78 is 0. The van der Waals surface area contributed by atoms with Gasteiger partial charge in [0.05, 0.1) is 4.92 Å². The van der Waals surface area contributed by atoms with Crippen LogP contribution < -0.4 is 0 Å². The third-order valence-electron chi connectivity index (χ3n) is 6.74. The number of nitro groups is 1. The molecule has 0 aliphatic carbocycles. The van der Waals surface area contributed by atoms with Gasteiger partial charge in [-0.3, -0.25) is 19.7 Å². The average Bonchev–Trinajstić information content (AvgIpc) is 3.32. The lowest BCUT2D eigenvalue weighted by atomic mass is 10.1. The average molecular weight is 513 g/mol. The molecule has 0 saturated carbocycles. The Balaban J connectivity index is 1.56. The van der Waals surface area contributed by atoms with Gasteiger partial charge in [0, 0.05) is 53.4 Å². The Bertz CT molecular complexity index is 1450. The van der Waals surface area contributed by atoms with Gasteiger partial charge in [0.15, 0.2) is 0 Å². The predicted octanol–water partition coefficient (Wildman–Crippen LogP) is 5.51. The van der Waals surface area contributed by atoms with Crippen molar-refractivity contribution >= 4 is 28.4 Å². The monoisotopic (exact) mass is 512 g/mol. The molecule has 0 bridgehead atoms. The van der Waals surface area contributed by atoms with Crippen LogP contribution in [0.25, 0.3) is 10.9 Å². The van der Waals surface area contributed by atoms with Crippen LogP contribution in [0.5, 0.6) is 0 Å². The number of aryl methyl sites for hydroxylation is 1. The summed E-state index contributed by atoms with van der Waals surface area (Å²) in [6.07, 6.45) is 2.63. The molecule has 196 valence electrons. The van der Waals surface area contributed by atoms with E-state index in [2.05, 4.69) is 11.1 Å². The normalized spacial score (nSPS) is 11.1. The van der Waals surface area contributed by atoms with Crippen molar-refractivity contribution in [2.24, 2.45) is 0 Å². The number of para-hydroxylation sites is 1. The van der Waals surface area contributed by atoms with Gasteiger partial charge in [-0.1, -0.05) is 54.6 Å². The van der Waals surface area contributed by atoms with Crippen LogP contribution in [0.2, 0.25) is 0 Å². The summed E-state index contributed by atoms with van der Waals surface area (Å²) >= 11 is 0. The number of nitro benzene ring substituents is 1. The second kappa shape index (κ2) is 11.7. The van der Waals surface area contributed by atoms with Crippen molar-refractivity contribution in [3.8, 4) is 0 Å². The van der Waals surface area contributed by atoms with E-state index in [1.54, 1.807) is 24.0 Å².